The summed E-state index contributed by atoms with van der Waals surface area (Å²) in [5.41, 5.74) is 2.18. The summed E-state index contributed by atoms with van der Waals surface area (Å²) in [6.45, 7) is 4.02. The molecule has 5 heteroatoms. The lowest BCUT2D eigenvalue weighted by Crippen LogP contribution is -2.33. The van der Waals surface area contributed by atoms with Gasteiger partial charge in [-0.25, -0.2) is 0 Å². The first-order chi connectivity index (χ1) is 9.22. The van der Waals surface area contributed by atoms with Crippen molar-refractivity contribution in [2.24, 2.45) is 7.05 Å². The number of rotatable bonds is 2. The third-order valence-corrected chi connectivity index (χ3v) is 3.76. The summed E-state index contributed by atoms with van der Waals surface area (Å²) in [5, 5.41) is 12.9. The van der Waals surface area contributed by atoms with E-state index in [1.54, 1.807) is 0 Å². The fourth-order valence-corrected chi connectivity index (χ4v) is 2.62. The molecule has 1 aliphatic rings. The molecule has 2 aromatic rings. The van der Waals surface area contributed by atoms with Crippen molar-refractivity contribution in [2.75, 3.05) is 18.0 Å². The summed E-state index contributed by atoms with van der Waals surface area (Å²) in [5.74, 6) is 1.57. The monoisotopic (exact) mass is 257 g/mol. The molecule has 1 fully saturated rings. The van der Waals surface area contributed by atoms with Gasteiger partial charge in [0.25, 0.3) is 0 Å². The van der Waals surface area contributed by atoms with Crippen molar-refractivity contribution >= 4 is 5.82 Å². The van der Waals surface area contributed by atoms with Gasteiger partial charge in [0, 0.05) is 32.3 Å². The van der Waals surface area contributed by atoms with Gasteiger partial charge in [0.2, 0.25) is 0 Å². The number of hydrogen-bond donors (Lipinski definition) is 0. The van der Waals surface area contributed by atoms with Crippen LogP contribution >= 0.6 is 0 Å². The van der Waals surface area contributed by atoms with Crippen molar-refractivity contribution in [3.8, 4) is 0 Å². The third-order valence-electron chi connectivity index (χ3n) is 3.76. The van der Waals surface area contributed by atoms with Crippen molar-refractivity contribution in [3.05, 3.63) is 35.8 Å². The molecular formula is C14H19N5. The lowest BCUT2D eigenvalue weighted by molar-refractivity contribution is 0.487. The number of anilines is 1. The normalized spacial score (nSPS) is 16.8. The van der Waals surface area contributed by atoms with Crippen LogP contribution in [0.15, 0.2) is 24.4 Å². The van der Waals surface area contributed by atoms with Crippen LogP contribution in [0.25, 0.3) is 0 Å². The fraction of sp³-hybridized carbons (Fsp3) is 0.500. The molecule has 100 valence electrons. The SMILES string of the molecule is Cc1ccc(N2CCC(c3ccn(C)n3)CC2)nn1. The fourth-order valence-electron chi connectivity index (χ4n) is 2.62. The van der Waals surface area contributed by atoms with Gasteiger partial charge < -0.3 is 4.90 Å². The molecule has 3 heterocycles. The molecule has 0 unspecified atom stereocenters. The highest BCUT2D eigenvalue weighted by Gasteiger charge is 2.23. The Morgan fingerprint density at radius 3 is 2.47 bits per heavy atom. The zero-order valence-electron chi connectivity index (χ0n) is 11.5. The Bertz CT molecular complexity index is 537. The van der Waals surface area contributed by atoms with Crippen molar-refractivity contribution in [3.63, 3.8) is 0 Å². The van der Waals surface area contributed by atoms with Crippen LogP contribution in [0, 0.1) is 6.92 Å². The van der Waals surface area contributed by atoms with Crippen LogP contribution in [0.5, 0.6) is 0 Å². The summed E-state index contributed by atoms with van der Waals surface area (Å²) in [7, 11) is 1.97. The zero-order chi connectivity index (χ0) is 13.2. The maximum absolute atomic E-state index is 4.51. The molecule has 19 heavy (non-hydrogen) atoms. The van der Waals surface area contributed by atoms with Crippen molar-refractivity contribution in [1.29, 1.82) is 0 Å². The number of aryl methyl sites for hydroxylation is 2. The second-order valence-corrected chi connectivity index (χ2v) is 5.21. The highest BCUT2D eigenvalue weighted by atomic mass is 15.3. The Labute approximate surface area is 113 Å². The maximum atomic E-state index is 4.51. The molecule has 0 bridgehead atoms. The highest BCUT2D eigenvalue weighted by molar-refractivity contribution is 5.38. The van der Waals surface area contributed by atoms with Gasteiger partial charge in [0.05, 0.1) is 11.4 Å². The van der Waals surface area contributed by atoms with Crippen molar-refractivity contribution < 1.29 is 0 Å². The van der Waals surface area contributed by atoms with Crippen LogP contribution < -0.4 is 4.90 Å². The summed E-state index contributed by atoms with van der Waals surface area (Å²) in [4.78, 5) is 2.31. The van der Waals surface area contributed by atoms with Crippen LogP contribution in [-0.2, 0) is 7.05 Å². The molecule has 1 aliphatic heterocycles. The predicted octanol–water partition coefficient (Wildman–Crippen LogP) is 1.90. The summed E-state index contributed by atoms with van der Waals surface area (Å²) < 4.78 is 1.88. The van der Waals surface area contributed by atoms with Crippen LogP contribution in [0.2, 0.25) is 0 Å². The number of aromatic nitrogens is 4. The zero-order valence-corrected chi connectivity index (χ0v) is 11.5. The van der Waals surface area contributed by atoms with E-state index in [0.29, 0.717) is 5.92 Å². The molecule has 2 aromatic heterocycles. The van der Waals surface area contributed by atoms with E-state index in [9.17, 15) is 0 Å². The molecular weight excluding hydrogens is 238 g/mol. The van der Waals surface area contributed by atoms with E-state index in [1.807, 2.05) is 30.9 Å². The summed E-state index contributed by atoms with van der Waals surface area (Å²) >= 11 is 0. The molecule has 0 aromatic carbocycles. The minimum absolute atomic E-state index is 0.579. The van der Waals surface area contributed by atoms with E-state index >= 15 is 0 Å². The van der Waals surface area contributed by atoms with E-state index in [0.717, 1.165) is 37.4 Å². The number of piperidine rings is 1. The Balaban J connectivity index is 1.64. The van der Waals surface area contributed by atoms with E-state index < -0.39 is 0 Å². The van der Waals surface area contributed by atoms with Gasteiger partial charge in [-0.05, 0) is 38.0 Å². The molecule has 1 saturated heterocycles. The quantitative estimate of drug-likeness (QED) is 0.824. The first-order valence-electron chi connectivity index (χ1n) is 6.77. The first-order valence-corrected chi connectivity index (χ1v) is 6.77. The molecule has 0 aliphatic carbocycles. The van der Waals surface area contributed by atoms with Crippen LogP contribution in [0.3, 0.4) is 0 Å². The molecule has 0 radical (unpaired) electrons. The minimum Gasteiger partial charge on any atom is -0.355 e. The standard InChI is InChI=1S/C14H19N5/c1-11-3-4-14(16-15-11)19-9-5-12(6-10-19)13-7-8-18(2)17-13/h3-4,7-8,12H,5-6,9-10H2,1-2H3. The molecule has 3 rings (SSSR count). The van der Waals surface area contributed by atoms with E-state index in [2.05, 4.69) is 32.3 Å². The van der Waals surface area contributed by atoms with Gasteiger partial charge in [-0.3, -0.25) is 4.68 Å². The molecule has 0 spiro atoms. The number of hydrogen-bond acceptors (Lipinski definition) is 4. The molecule has 5 nitrogen and oxygen atoms in total. The van der Waals surface area contributed by atoms with E-state index in [4.69, 9.17) is 0 Å². The first kappa shape index (κ1) is 12.1. The molecule has 0 N–H and O–H groups in total. The second-order valence-electron chi connectivity index (χ2n) is 5.21. The van der Waals surface area contributed by atoms with Crippen LogP contribution in [0.4, 0.5) is 5.82 Å². The van der Waals surface area contributed by atoms with Gasteiger partial charge >= 0.3 is 0 Å². The second kappa shape index (κ2) is 4.99. The molecule has 0 atom stereocenters. The Kier molecular flexibility index (Phi) is 3.19. The topological polar surface area (TPSA) is 46.8 Å². The number of nitrogens with zero attached hydrogens (tertiary/aromatic N) is 5. The summed E-state index contributed by atoms with van der Waals surface area (Å²) in [6.07, 6.45) is 4.28. The largest absolute Gasteiger partial charge is 0.355 e. The van der Waals surface area contributed by atoms with E-state index in [1.165, 1.54) is 5.69 Å². The van der Waals surface area contributed by atoms with Crippen molar-refractivity contribution in [2.45, 2.75) is 25.7 Å². The lowest BCUT2D eigenvalue weighted by Gasteiger charge is -2.31. The Morgan fingerprint density at radius 2 is 1.89 bits per heavy atom. The predicted molar refractivity (Wildman–Crippen MR) is 74.2 cm³/mol. The average molecular weight is 257 g/mol. The van der Waals surface area contributed by atoms with Crippen LogP contribution in [0.1, 0.15) is 30.1 Å². The Hall–Kier alpha value is -1.91. The third kappa shape index (κ3) is 2.59. The smallest absolute Gasteiger partial charge is 0.151 e. The average Bonchev–Trinajstić information content (AvgIpc) is 2.87. The van der Waals surface area contributed by atoms with Gasteiger partial charge in [0.15, 0.2) is 5.82 Å². The maximum Gasteiger partial charge on any atom is 0.151 e. The molecule has 0 saturated carbocycles. The van der Waals surface area contributed by atoms with Gasteiger partial charge in [-0.15, -0.1) is 5.10 Å². The van der Waals surface area contributed by atoms with E-state index in [-0.39, 0.29) is 0 Å². The summed E-state index contributed by atoms with van der Waals surface area (Å²) in [6, 6.07) is 6.21. The minimum atomic E-state index is 0.579. The highest BCUT2D eigenvalue weighted by Crippen LogP contribution is 2.28. The van der Waals surface area contributed by atoms with Gasteiger partial charge in [-0.2, -0.15) is 10.2 Å². The molecule has 0 amide bonds. The van der Waals surface area contributed by atoms with Gasteiger partial charge in [-0.1, -0.05) is 0 Å². The Morgan fingerprint density at radius 1 is 1.11 bits per heavy atom. The van der Waals surface area contributed by atoms with Gasteiger partial charge in [0.1, 0.15) is 0 Å². The van der Waals surface area contributed by atoms with Crippen LogP contribution in [-0.4, -0.2) is 33.1 Å². The lowest BCUT2D eigenvalue weighted by atomic mass is 9.94. The van der Waals surface area contributed by atoms with Crippen molar-refractivity contribution in [1.82, 2.24) is 20.0 Å².